The first-order valence-electron chi connectivity index (χ1n) is 9.09. The van der Waals surface area contributed by atoms with E-state index < -0.39 is 0 Å². The molecule has 3 rings (SSSR count). The first-order chi connectivity index (χ1) is 12.4. The van der Waals surface area contributed by atoms with Gasteiger partial charge in [0.15, 0.2) is 0 Å². The lowest BCUT2D eigenvalue weighted by molar-refractivity contribution is -0.124. The summed E-state index contributed by atoms with van der Waals surface area (Å²) in [6.07, 6.45) is 3.09. The van der Waals surface area contributed by atoms with Crippen LogP contribution in [0.5, 0.6) is 0 Å². The smallest absolute Gasteiger partial charge is 0.254 e. The molecule has 1 amide bonds. The summed E-state index contributed by atoms with van der Waals surface area (Å²) >= 11 is 0. The third-order valence-corrected chi connectivity index (χ3v) is 4.90. The third kappa shape index (κ3) is 4.18. The highest BCUT2D eigenvalue weighted by Crippen LogP contribution is 2.23. The predicted molar refractivity (Wildman–Crippen MR) is 98.2 cm³/mol. The van der Waals surface area contributed by atoms with Crippen molar-refractivity contribution in [2.24, 2.45) is 11.8 Å². The highest BCUT2D eigenvalue weighted by Gasteiger charge is 2.21. The zero-order chi connectivity index (χ0) is 18.7. The average Bonchev–Trinajstić information content (AvgIpc) is 2.83. The summed E-state index contributed by atoms with van der Waals surface area (Å²) in [7, 11) is 0. The number of halogens is 1. The molecule has 2 N–H and O–H groups in total. The van der Waals surface area contributed by atoms with Gasteiger partial charge in [-0.15, -0.1) is 0 Å². The normalized spacial score (nSPS) is 16.8. The van der Waals surface area contributed by atoms with Gasteiger partial charge in [-0.2, -0.15) is 0 Å². The largest absolute Gasteiger partial charge is 0.356 e. The van der Waals surface area contributed by atoms with Crippen LogP contribution >= 0.6 is 0 Å². The number of aromatic amines is 1. The molecule has 2 aromatic rings. The molecule has 1 aliphatic rings. The topological polar surface area (TPSA) is 74.8 Å². The Kier molecular flexibility index (Phi) is 5.49. The number of aromatic nitrogens is 2. The summed E-state index contributed by atoms with van der Waals surface area (Å²) in [6.45, 7) is 4.38. The minimum atomic E-state index is -0.322. The molecule has 0 spiro atoms. The fourth-order valence-corrected chi connectivity index (χ4v) is 3.24. The van der Waals surface area contributed by atoms with E-state index in [0.29, 0.717) is 36.7 Å². The van der Waals surface area contributed by atoms with Crippen LogP contribution in [-0.4, -0.2) is 22.4 Å². The van der Waals surface area contributed by atoms with Gasteiger partial charge >= 0.3 is 0 Å². The molecule has 0 saturated carbocycles. The van der Waals surface area contributed by atoms with E-state index in [4.69, 9.17) is 0 Å². The standard InChI is InChI=1S/C20H24FN3O2/c1-12(2)19(25)22-11-13-3-9-16-17(10-4-13)23-18(24-20(16)26)14-5-7-15(21)8-6-14/h5-8,12-13H,3-4,9-11H2,1-2H3,(H,22,25)(H,23,24,26). The van der Waals surface area contributed by atoms with Crippen LogP contribution < -0.4 is 10.9 Å². The van der Waals surface area contributed by atoms with Gasteiger partial charge in [0.05, 0.1) is 5.69 Å². The molecule has 0 fully saturated rings. The summed E-state index contributed by atoms with van der Waals surface area (Å²) in [5.41, 5.74) is 2.11. The Morgan fingerprint density at radius 3 is 2.65 bits per heavy atom. The second-order valence-corrected chi connectivity index (χ2v) is 7.19. The number of carbonyl (C=O) groups excluding carboxylic acids is 1. The minimum absolute atomic E-state index is 0.0271. The van der Waals surface area contributed by atoms with E-state index in [0.717, 1.165) is 24.1 Å². The lowest BCUT2D eigenvalue weighted by Gasteiger charge is -2.15. The molecule has 5 nitrogen and oxygen atoms in total. The van der Waals surface area contributed by atoms with Crippen LogP contribution in [0, 0.1) is 17.7 Å². The van der Waals surface area contributed by atoms with Crippen LogP contribution in [0.25, 0.3) is 11.4 Å². The van der Waals surface area contributed by atoms with E-state index in [1.165, 1.54) is 12.1 Å². The number of aryl methyl sites for hydroxylation is 1. The average molecular weight is 357 g/mol. The number of fused-ring (bicyclic) bond motifs is 1. The summed E-state index contributed by atoms with van der Waals surface area (Å²) in [5.74, 6) is 0.514. The van der Waals surface area contributed by atoms with Gasteiger partial charge in [0, 0.05) is 23.6 Å². The van der Waals surface area contributed by atoms with E-state index in [2.05, 4.69) is 15.3 Å². The van der Waals surface area contributed by atoms with Gasteiger partial charge < -0.3 is 10.3 Å². The van der Waals surface area contributed by atoms with Gasteiger partial charge in [-0.05, 0) is 55.9 Å². The molecule has 1 heterocycles. The van der Waals surface area contributed by atoms with E-state index >= 15 is 0 Å². The Morgan fingerprint density at radius 1 is 1.27 bits per heavy atom. The Morgan fingerprint density at radius 2 is 1.96 bits per heavy atom. The second kappa shape index (κ2) is 7.81. The summed E-state index contributed by atoms with van der Waals surface area (Å²) in [5, 5.41) is 2.98. The van der Waals surface area contributed by atoms with E-state index in [1.807, 2.05) is 13.8 Å². The molecule has 138 valence electrons. The van der Waals surface area contributed by atoms with Crippen molar-refractivity contribution in [2.45, 2.75) is 39.5 Å². The molecule has 1 unspecified atom stereocenters. The molecule has 0 aliphatic heterocycles. The van der Waals surface area contributed by atoms with Gasteiger partial charge in [-0.3, -0.25) is 9.59 Å². The van der Waals surface area contributed by atoms with Gasteiger partial charge in [0.25, 0.3) is 5.56 Å². The molecular weight excluding hydrogens is 333 g/mol. The molecule has 1 aromatic carbocycles. The summed E-state index contributed by atoms with van der Waals surface area (Å²) in [6, 6.07) is 5.94. The highest BCUT2D eigenvalue weighted by atomic mass is 19.1. The van der Waals surface area contributed by atoms with Crippen LogP contribution in [0.15, 0.2) is 29.1 Å². The van der Waals surface area contributed by atoms with Crippen molar-refractivity contribution >= 4 is 5.91 Å². The molecule has 1 atom stereocenters. The molecule has 0 bridgehead atoms. The first-order valence-corrected chi connectivity index (χ1v) is 9.09. The minimum Gasteiger partial charge on any atom is -0.356 e. The van der Waals surface area contributed by atoms with Crippen molar-refractivity contribution in [2.75, 3.05) is 6.54 Å². The Bertz CT molecular complexity index is 843. The number of amides is 1. The Hall–Kier alpha value is -2.50. The maximum absolute atomic E-state index is 13.1. The summed E-state index contributed by atoms with van der Waals surface area (Å²) in [4.78, 5) is 31.7. The lowest BCUT2D eigenvalue weighted by Crippen LogP contribution is -2.32. The Labute approximate surface area is 152 Å². The zero-order valence-electron chi connectivity index (χ0n) is 15.1. The van der Waals surface area contributed by atoms with Crippen LogP contribution in [0.4, 0.5) is 4.39 Å². The number of hydrogen-bond donors (Lipinski definition) is 2. The number of nitrogens with one attached hydrogen (secondary N) is 2. The van der Waals surface area contributed by atoms with Gasteiger partial charge in [0.2, 0.25) is 5.91 Å². The van der Waals surface area contributed by atoms with Crippen molar-refractivity contribution in [3.8, 4) is 11.4 Å². The quantitative estimate of drug-likeness (QED) is 0.826. The van der Waals surface area contributed by atoms with Crippen LogP contribution in [0.3, 0.4) is 0 Å². The van der Waals surface area contributed by atoms with Crippen molar-refractivity contribution in [3.63, 3.8) is 0 Å². The predicted octanol–water partition coefficient (Wildman–Crippen LogP) is 2.84. The van der Waals surface area contributed by atoms with Crippen molar-refractivity contribution in [1.29, 1.82) is 0 Å². The van der Waals surface area contributed by atoms with Crippen LogP contribution in [0.2, 0.25) is 0 Å². The van der Waals surface area contributed by atoms with E-state index in [1.54, 1.807) is 12.1 Å². The monoisotopic (exact) mass is 357 g/mol. The number of hydrogen-bond acceptors (Lipinski definition) is 3. The molecule has 0 saturated heterocycles. The fourth-order valence-electron chi connectivity index (χ4n) is 3.24. The van der Waals surface area contributed by atoms with Gasteiger partial charge in [-0.25, -0.2) is 9.37 Å². The molecule has 6 heteroatoms. The van der Waals surface area contributed by atoms with E-state index in [9.17, 15) is 14.0 Å². The van der Waals surface area contributed by atoms with Crippen LogP contribution in [-0.2, 0) is 17.6 Å². The third-order valence-electron chi connectivity index (χ3n) is 4.90. The highest BCUT2D eigenvalue weighted by molar-refractivity contribution is 5.77. The Balaban J connectivity index is 1.75. The molecule has 1 aromatic heterocycles. The number of benzene rings is 1. The number of H-pyrrole nitrogens is 1. The van der Waals surface area contributed by atoms with Crippen molar-refractivity contribution < 1.29 is 9.18 Å². The number of nitrogens with zero attached hydrogens (tertiary/aromatic N) is 1. The SMILES string of the molecule is CC(C)C(=O)NCC1CCc2nc(-c3ccc(F)cc3)[nH]c(=O)c2CC1. The number of rotatable bonds is 4. The zero-order valence-corrected chi connectivity index (χ0v) is 15.1. The molecule has 26 heavy (non-hydrogen) atoms. The van der Waals surface area contributed by atoms with Crippen molar-refractivity contribution in [1.82, 2.24) is 15.3 Å². The number of carbonyl (C=O) groups is 1. The first kappa shape index (κ1) is 18.3. The molecular formula is C20H24FN3O2. The molecule has 1 aliphatic carbocycles. The van der Waals surface area contributed by atoms with Gasteiger partial charge in [-0.1, -0.05) is 13.8 Å². The maximum Gasteiger partial charge on any atom is 0.254 e. The van der Waals surface area contributed by atoms with Gasteiger partial charge in [0.1, 0.15) is 11.6 Å². The van der Waals surface area contributed by atoms with E-state index in [-0.39, 0.29) is 23.2 Å². The lowest BCUT2D eigenvalue weighted by atomic mass is 9.99. The fraction of sp³-hybridized carbons (Fsp3) is 0.450. The maximum atomic E-state index is 13.1. The van der Waals surface area contributed by atoms with Crippen molar-refractivity contribution in [3.05, 3.63) is 51.7 Å². The summed E-state index contributed by atoms with van der Waals surface area (Å²) < 4.78 is 13.1. The van der Waals surface area contributed by atoms with Crippen LogP contribution in [0.1, 0.15) is 37.9 Å². The molecule has 0 radical (unpaired) electrons. The second-order valence-electron chi connectivity index (χ2n) is 7.19.